The van der Waals surface area contributed by atoms with E-state index in [4.69, 9.17) is 11.6 Å². The van der Waals surface area contributed by atoms with E-state index in [1.807, 2.05) is 6.92 Å². The lowest BCUT2D eigenvalue weighted by Crippen LogP contribution is -2.37. The van der Waals surface area contributed by atoms with Crippen molar-refractivity contribution in [3.8, 4) is 5.75 Å². The Kier molecular flexibility index (Phi) is 5.45. The van der Waals surface area contributed by atoms with Gasteiger partial charge in [-0.05, 0) is 24.6 Å². The molecule has 0 spiro atoms. The van der Waals surface area contributed by atoms with E-state index in [-0.39, 0.29) is 23.8 Å². The minimum atomic E-state index is -0.518. The highest BCUT2D eigenvalue weighted by molar-refractivity contribution is 6.30. The molecule has 2 amide bonds. The number of phenols is 1. The number of carbonyl (C=O) groups excluding carboxylic acids is 2. The summed E-state index contributed by atoms with van der Waals surface area (Å²) < 4.78 is 0. The molecule has 5 nitrogen and oxygen atoms in total. The van der Waals surface area contributed by atoms with Gasteiger partial charge in [0.15, 0.2) is 0 Å². The lowest BCUT2D eigenvalue weighted by molar-refractivity contribution is -0.120. The van der Waals surface area contributed by atoms with Crippen LogP contribution in [0.2, 0.25) is 5.02 Å². The maximum absolute atomic E-state index is 11.7. The number of nitrogens with one attached hydrogen (secondary N) is 2. The molecule has 0 radical (unpaired) electrons. The summed E-state index contributed by atoms with van der Waals surface area (Å²) in [5.74, 6) is -0.997. The lowest BCUT2D eigenvalue weighted by Gasteiger charge is -2.07. The zero-order valence-electron chi connectivity index (χ0n) is 10.00. The number of rotatable bonds is 5. The fourth-order valence-electron chi connectivity index (χ4n) is 1.28. The van der Waals surface area contributed by atoms with Crippen LogP contribution in [0.1, 0.15) is 23.7 Å². The van der Waals surface area contributed by atoms with Crippen LogP contribution in [-0.4, -0.2) is 30.0 Å². The molecule has 6 heteroatoms. The Morgan fingerprint density at radius 1 is 1.33 bits per heavy atom. The second-order valence-electron chi connectivity index (χ2n) is 3.69. The van der Waals surface area contributed by atoms with Crippen LogP contribution in [0.4, 0.5) is 0 Å². The van der Waals surface area contributed by atoms with E-state index in [0.29, 0.717) is 11.6 Å². The smallest absolute Gasteiger partial charge is 0.255 e. The molecule has 0 heterocycles. The van der Waals surface area contributed by atoms with Crippen molar-refractivity contribution in [2.45, 2.75) is 13.3 Å². The third-order valence-corrected chi connectivity index (χ3v) is 2.42. The third kappa shape index (κ3) is 4.25. The maximum Gasteiger partial charge on any atom is 0.255 e. The lowest BCUT2D eigenvalue weighted by atomic mass is 10.2. The Bertz CT molecular complexity index is 449. The van der Waals surface area contributed by atoms with Gasteiger partial charge in [0.25, 0.3) is 5.91 Å². The van der Waals surface area contributed by atoms with Gasteiger partial charge in [-0.25, -0.2) is 0 Å². The molecule has 0 saturated heterocycles. The summed E-state index contributed by atoms with van der Waals surface area (Å²) in [5.41, 5.74) is 0.0858. The first-order valence-corrected chi connectivity index (χ1v) is 5.95. The van der Waals surface area contributed by atoms with Gasteiger partial charge < -0.3 is 15.7 Å². The van der Waals surface area contributed by atoms with Gasteiger partial charge in [-0.15, -0.1) is 0 Å². The van der Waals surface area contributed by atoms with Crippen LogP contribution < -0.4 is 10.6 Å². The van der Waals surface area contributed by atoms with Gasteiger partial charge in [0.1, 0.15) is 5.75 Å². The average molecular weight is 271 g/mol. The minimum Gasteiger partial charge on any atom is -0.507 e. The number of hydrogen-bond acceptors (Lipinski definition) is 3. The maximum atomic E-state index is 11.7. The van der Waals surface area contributed by atoms with Gasteiger partial charge in [0.2, 0.25) is 5.91 Å². The molecule has 0 atom stereocenters. The first kappa shape index (κ1) is 14.3. The van der Waals surface area contributed by atoms with Crippen molar-refractivity contribution < 1.29 is 14.7 Å². The Labute approximate surface area is 110 Å². The zero-order valence-corrected chi connectivity index (χ0v) is 10.8. The van der Waals surface area contributed by atoms with Crippen LogP contribution in [0.25, 0.3) is 0 Å². The highest BCUT2D eigenvalue weighted by atomic mass is 35.5. The zero-order chi connectivity index (χ0) is 13.5. The molecule has 0 aliphatic carbocycles. The van der Waals surface area contributed by atoms with Crippen LogP contribution in [0, 0.1) is 0 Å². The second-order valence-corrected chi connectivity index (χ2v) is 4.13. The van der Waals surface area contributed by atoms with E-state index >= 15 is 0 Å². The molecule has 3 N–H and O–H groups in total. The van der Waals surface area contributed by atoms with Crippen molar-refractivity contribution in [3.05, 3.63) is 28.8 Å². The summed E-state index contributed by atoms with van der Waals surface area (Å²) in [7, 11) is 0. The normalized spacial score (nSPS) is 9.89. The number of carbonyl (C=O) groups is 2. The molecule has 0 aliphatic rings. The molecule has 98 valence electrons. The highest BCUT2D eigenvalue weighted by Gasteiger charge is 2.12. The number of halogens is 1. The van der Waals surface area contributed by atoms with Crippen LogP contribution >= 0.6 is 11.6 Å². The predicted octanol–water partition coefficient (Wildman–Crippen LogP) is 1.30. The van der Waals surface area contributed by atoms with Crippen LogP contribution in [0.3, 0.4) is 0 Å². The Morgan fingerprint density at radius 2 is 2.06 bits per heavy atom. The molecule has 0 saturated carbocycles. The van der Waals surface area contributed by atoms with Crippen LogP contribution in [-0.2, 0) is 4.79 Å². The summed E-state index contributed by atoms with van der Waals surface area (Å²) in [6.07, 6.45) is 0.831. The standard InChI is InChI=1S/C12H15ClN2O3/c1-2-5-14-11(17)7-15-12(18)9-4-3-8(13)6-10(9)16/h3-4,6,16H,2,5,7H2,1H3,(H,14,17)(H,15,18). The fourth-order valence-corrected chi connectivity index (χ4v) is 1.45. The predicted molar refractivity (Wildman–Crippen MR) is 68.8 cm³/mol. The van der Waals surface area contributed by atoms with Crippen molar-refractivity contribution in [1.29, 1.82) is 0 Å². The summed E-state index contributed by atoms with van der Waals surface area (Å²) in [6.45, 7) is 2.38. The van der Waals surface area contributed by atoms with Crippen LogP contribution in [0.15, 0.2) is 18.2 Å². The molecule has 1 aromatic carbocycles. The number of phenolic OH excluding ortho intramolecular Hbond substituents is 1. The minimum absolute atomic E-state index is 0.0858. The molecule has 18 heavy (non-hydrogen) atoms. The number of aromatic hydroxyl groups is 1. The molecule has 0 unspecified atom stereocenters. The van der Waals surface area contributed by atoms with Gasteiger partial charge in [-0.3, -0.25) is 9.59 Å². The molecular weight excluding hydrogens is 256 g/mol. The van der Waals surface area contributed by atoms with E-state index in [2.05, 4.69) is 10.6 Å². The molecule has 0 fully saturated rings. The molecule has 1 rings (SSSR count). The summed E-state index contributed by atoms with van der Waals surface area (Å²) in [5, 5.41) is 14.9. The first-order chi connectivity index (χ1) is 8.54. The van der Waals surface area contributed by atoms with Crippen molar-refractivity contribution in [2.75, 3.05) is 13.1 Å². The van der Waals surface area contributed by atoms with Crippen LogP contribution in [0.5, 0.6) is 5.75 Å². The monoisotopic (exact) mass is 270 g/mol. The van der Waals surface area contributed by atoms with Gasteiger partial charge in [0, 0.05) is 11.6 Å². The Balaban J connectivity index is 2.53. The average Bonchev–Trinajstić information content (AvgIpc) is 2.33. The topological polar surface area (TPSA) is 78.4 Å². The highest BCUT2D eigenvalue weighted by Crippen LogP contribution is 2.21. The van der Waals surface area contributed by atoms with Crippen molar-refractivity contribution in [3.63, 3.8) is 0 Å². The SMILES string of the molecule is CCCNC(=O)CNC(=O)c1ccc(Cl)cc1O. The Hall–Kier alpha value is -1.75. The number of amides is 2. The fraction of sp³-hybridized carbons (Fsp3) is 0.333. The van der Waals surface area contributed by atoms with Gasteiger partial charge in [0.05, 0.1) is 12.1 Å². The molecule has 1 aromatic rings. The molecule has 0 bridgehead atoms. The summed E-state index contributed by atoms with van der Waals surface area (Å²) in [6, 6.07) is 4.16. The quantitative estimate of drug-likeness (QED) is 0.755. The van der Waals surface area contributed by atoms with E-state index in [9.17, 15) is 14.7 Å². The van der Waals surface area contributed by atoms with Crippen molar-refractivity contribution >= 4 is 23.4 Å². The first-order valence-electron chi connectivity index (χ1n) is 5.58. The second kappa shape index (κ2) is 6.86. The van der Waals surface area contributed by atoms with Crippen molar-refractivity contribution in [2.24, 2.45) is 0 Å². The van der Waals surface area contributed by atoms with Crippen molar-refractivity contribution in [1.82, 2.24) is 10.6 Å². The van der Waals surface area contributed by atoms with E-state index < -0.39 is 5.91 Å². The van der Waals surface area contributed by atoms with E-state index in [1.54, 1.807) is 0 Å². The van der Waals surface area contributed by atoms with Gasteiger partial charge in [-0.1, -0.05) is 18.5 Å². The van der Waals surface area contributed by atoms with E-state index in [0.717, 1.165) is 6.42 Å². The molecule has 0 aliphatic heterocycles. The third-order valence-electron chi connectivity index (χ3n) is 2.19. The molecular formula is C12H15ClN2O3. The largest absolute Gasteiger partial charge is 0.507 e. The number of benzene rings is 1. The van der Waals surface area contributed by atoms with E-state index in [1.165, 1.54) is 18.2 Å². The van der Waals surface area contributed by atoms with Gasteiger partial charge >= 0.3 is 0 Å². The summed E-state index contributed by atoms with van der Waals surface area (Å²) >= 11 is 5.65. The van der Waals surface area contributed by atoms with Gasteiger partial charge in [-0.2, -0.15) is 0 Å². The summed E-state index contributed by atoms with van der Waals surface area (Å²) in [4.78, 5) is 22.9. The number of hydrogen-bond donors (Lipinski definition) is 3. The Morgan fingerprint density at radius 3 is 2.67 bits per heavy atom. The molecule has 0 aromatic heterocycles.